The molecule has 0 bridgehead atoms. The fourth-order valence-corrected chi connectivity index (χ4v) is 2.44. The van der Waals surface area contributed by atoms with E-state index in [1.165, 1.54) is 17.5 Å². The molecule has 0 aliphatic rings. The maximum atomic E-state index is 4.51. The number of hydrogen-bond acceptors (Lipinski definition) is 2. The van der Waals surface area contributed by atoms with E-state index in [1.807, 2.05) is 12.3 Å². The predicted molar refractivity (Wildman–Crippen MR) is 84.6 cm³/mol. The zero-order chi connectivity index (χ0) is 14.4. The van der Waals surface area contributed by atoms with Crippen LogP contribution >= 0.6 is 0 Å². The van der Waals surface area contributed by atoms with Gasteiger partial charge in [-0.25, -0.2) is 0 Å². The largest absolute Gasteiger partial charge is 0.312 e. The SMILES string of the molecule is CCNC(Cn1cc(-c2ccccc2)cn1)C(C)CC. The molecule has 2 aromatic rings. The van der Waals surface area contributed by atoms with Gasteiger partial charge in [-0.3, -0.25) is 4.68 Å². The van der Waals surface area contributed by atoms with Crippen molar-refractivity contribution in [1.29, 1.82) is 0 Å². The quantitative estimate of drug-likeness (QED) is 0.834. The van der Waals surface area contributed by atoms with Gasteiger partial charge >= 0.3 is 0 Å². The van der Waals surface area contributed by atoms with E-state index in [-0.39, 0.29) is 0 Å². The Kier molecular flexibility index (Phi) is 5.36. The number of aromatic nitrogens is 2. The van der Waals surface area contributed by atoms with Crippen LogP contribution in [-0.4, -0.2) is 22.4 Å². The molecule has 108 valence electrons. The number of nitrogens with one attached hydrogen (secondary N) is 1. The average molecular weight is 271 g/mol. The predicted octanol–water partition coefficient (Wildman–Crippen LogP) is 3.57. The van der Waals surface area contributed by atoms with Gasteiger partial charge in [0.15, 0.2) is 0 Å². The summed E-state index contributed by atoms with van der Waals surface area (Å²) in [4.78, 5) is 0. The summed E-state index contributed by atoms with van der Waals surface area (Å²) in [6, 6.07) is 10.9. The number of hydrogen-bond donors (Lipinski definition) is 1. The first-order chi connectivity index (χ1) is 9.74. The smallest absolute Gasteiger partial charge is 0.0568 e. The number of benzene rings is 1. The Morgan fingerprint density at radius 3 is 2.55 bits per heavy atom. The van der Waals surface area contributed by atoms with E-state index >= 15 is 0 Å². The lowest BCUT2D eigenvalue weighted by molar-refractivity contribution is 0.324. The third-order valence-electron chi connectivity index (χ3n) is 3.92. The summed E-state index contributed by atoms with van der Waals surface area (Å²) in [5.41, 5.74) is 2.41. The topological polar surface area (TPSA) is 29.9 Å². The zero-order valence-corrected chi connectivity index (χ0v) is 12.7. The second-order valence-corrected chi connectivity index (χ2v) is 5.37. The van der Waals surface area contributed by atoms with Crippen molar-refractivity contribution >= 4 is 0 Å². The van der Waals surface area contributed by atoms with Crippen molar-refractivity contribution in [2.45, 2.75) is 39.8 Å². The lowest BCUT2D eigenvalue weighted by Crippen LogP contribution is -2.38. The van der Waals surface area contributed by atoms with Crippen molar-refractivity contribution in [3.63, 3.8) is 0 Å². The molecule has 0 saturated heterocycles. The summed E-state index contributed by atoms with van der Waals surface area (Å²) in [5.74, 6) is 0.652. The van der Waals surface area contributed by atoms with Gasteiger partial charge < -0.3 is 5.32 Å². The van der Waals surface area contributed by atoms with Crippen molar-refractivity contribution < 1.29 is 0 Å². The minimum Gasteiger partial charge on any atom is -0.312 e. The lowest BCUT2D eigenvalue weighted by Gasteiger charge is -2.23. The first-order valence-corrected chi connectivity index (χ1v) is 7.55. The van der Waals surface area contributed by atoms with Crippen LogP contribution in [0.5, 0.6) is 0 Å². The van der Waals surface area contributed by atoms with Crippen molar-refractivity contribution in [1.82, 2.24) is 15.1 Å². The molecule has 2 rings (SSSR count). The molecule has 0 saturated carbocycles. The van der Waals surface area contributed by atoms with Crippen LogP contribution in [0.15, 0.2) is 42.7 Å². The standard InChI is InChI=1S/C17H25N3/c1-4-14(3)17(18-5-2)13-20-12-16(11-19-20)15-9-7-6-8-10-15/h6-12,14,17-18H,4-5,13H2,1-3H3. The van der Waals surface area contributed by atoms with E-state index in [1.54, 1.807) is 0 Å². The first-order valence-electron chi connectivity index (χ1n) is 7.55. The van der Waals surface area contributed by atoms with E-state index in [4.69, 9.17) is 0 Å². The molecule has 0 amide bonds. The summed E-state index contributed by atoms with van der Waals surface area (Å²) in [5, 5.41) is 8.08. The van der Waals surface area contributed by atoms with Crippen molar-refractivity contribution in [2.75, 3.05) is 6.54 Å². The van der Waals surface area contributed by atoms with Gasteiger partial charge in [0, 0.05) is 17.8 Å². The van der Waals surface area contributed by atoms with Crippen molar-refractivity contribution in [2.24, 2.45) is 5.92 Å². The van der Waals surface area contributed by atoms with Crippen LogP contribution in [0.25, 0.3) is 11.1 Å². The second-order valence-electron chi connectivity index (χ2n) is 5.37. The van der Waals surface area contributed by atoms with Crippen molar-refractivity contribution in [3.8, 4) is 11.1 Å². The molecule has 2 atom stereocenters. The highest BCUT2D eigenvalue weighted by atomic mass is 15.3. The van der Waals surface area contributed by atoms with Crippen LogP contribution in [-0.2, 0) is 6.54 Å². The van der Waals surface area contributed by atoms with E-state index in [9.17, 15) is 0 Å². The molecule has 0 spiro atoms. The van der Waals surface area contributed by atoms with Gasteiger partial charge in [-0.15, -0.1) is 0 Å². The van der Waals surface area contributed by atoms with E-state index in [2.05, 4.69) is 66.3 Å². The molecule has 3 heteroatoms. The molecule has 1 N–H and O–H groups in total. The summed E-state index contributed by atoms with van der Waals surface area (Å²) >= 11 is 0. The normalized spacial score (nSPS) is 14.2. The van der Waals surface area contributed by atoms with Crippen LogP contribution in [0.2, 0.25) is 0 Å². The van der Waals surface area contributed by atoms with Crippen LogP contribution in [0.3, 0.4) is 0 Å². The summed E-state index contributed by atoms with van der Waals surface area (Å²) in [6.07, 6.45) is 5.28. The Balaban J connectivity index is 2.08. The van der Waals surface area contributed by atoms with Crippen LogP contribution < -0.4 is 5.32 Å². The van der Waals surface area contributed by atoms with Gasteiger partial charge in [0.1, 0.15) is 0 Å². The van der Waals surface area contributed by atoms with Crippen molar-refractivity contribution in [3.05, 3.63) is 42.7 Å². The van der Waals surface area contributed by atoms with Gasteiger partial charge in [0.2, 0.25) is 0 Å². The highest BCUT2D eigenvalue weighted by Crippen LogP contribution is 2.18. The Hall–Kier alpha value is -1.61. The van der Waals surface area contributed by atoms with E-state index in [0.29, 0.717) is 12.0 Å². The second kappa shape index (κ2) is 7.25. The van der Waals surface area contributed by atoms with Gasteiger partial charge in [0.05, 0.1) is 12.7 Å². The molecule has 3 nitrogen and oxygen atoms in total. The number of nitrogens with zero attached hydrogens (tertiary/aromatic N) is 2. The van der Waals surface area contributed by atoms with E-state index in [0.717, 1.165) is 13.1 Å². The summed E-state index contributed by atoms with van der Waals surface area (Å²) < 4.78 is 2.06. The Labute approximate surface area is 122 Å². The third-order valence-corrected chi connectivity index (χ3v) is 3.92. The van der Waals surface area contributed by atoms with Gasteiger partial charge in [-0.2, -0.15) is 5.10 Å². The minimum absolute atomic E-state index is 0.480. The molecule has 1 heterocycles. The Bertz CT molecular complexity index is 504. The Morgan fingerprint density at radius 2 is 1.90 bits per heavy atom. The van der Waals surface area contributed by atoms with Gasteiger partial charge in [0.25, 0.3) is 0 Å². The van der Waals surface area contributed by atoms with Crippen LogP contribution in [0.4, 0.5) is 0 Å². The number of likely N-dealkylation sites (N-methyl/N-ethyl adjacent to an activating group) is 1. The third kappa shape index (κ3) is 3.70. The fourth-order valence-electron chi connectivity index (χ4n) is 2.44. The lowest BCUT2D eigenvalue weighted by atomic mass is 9.99. The van der Waals surface area contributed by atoms with E-state index < -0.39 is 0 Å². The molecule has 2 unspecified atom stereocenters. The molecule has 1 aromatic carbocycles. The minimum atomic E-state index is 0.480. The fraction of sp³-hybridized carbons (Fsp3) is 0.471. The molecular weight excluding hydrogens is 246 g/mol. The maximum Gasteiger partial charge on any atom is 0.0568 e. The molecular formula is C17H25N3. The Morgan fingerprint density at radius 1 is 1.15 bits per heavy atom. The zero-order valence-electron chi connectivity index (χ0n) is 12.7. The van der Waals surface area contributed by atoms with Crippen LogP contribution in [0, 0.1) is 5.92 Å². The molecule has 0 aliphatic heterocycles. The first kappa shape index (κ1) is 14.8. The van der Waals surface area contributed by atoms with Gasteiger partial charge in [-0.1, -0.05) is 57.5 Å². The van der Waals surface area contributed by atoms with Gasteiger partial charge in [-0.05, 0) is 18.0 Å². The maximum absolute atomic E-state index is 4.51. The molecule has 0 radical (unpaired) electrons. The monoisotopic (exact) mass is 271 g/mol. The highest BCUT2D eigenvalue weighted by molar-refractivity contribution is 5.61. The summed E-state index contributed by atoms with van der Waals surface area (Å²) in [7, 11) is 0. The van der Waals surface area contributed by atoms with Crippen LogP contribution in [0.1, 0.15) is 27.2 Å². The molecule has 0 aliphatic carbocycles. The molecule has 20 heavy (non-hydrogen) atoms. The average Bonchev–Trinajstić information content (AvgIpc) is 2.95. The number of rotatable bonds is 7. The molecule has 1 aromatic heterocycles. The summed E-state index contributed by atoms with van der Waals surface area (Å²) in [6.45, 7) is 8.63. The highest BCUT2D eigenvalue weighted by Gasteiger charge is 2.15. The molecule has 0 fully saturated rings.